The number of aliphatic hydroxyl groups is 1. The lowest BCUT2D eigenvalue weighted by molar-refractivity contribution is -0.173. The van der Waals surface area contributed by atoms with E-state index in [0.717, 1.165) is 169 Å². The van der Waals surface area contributed by atoms with Gasteiger partial charge < -0.3 is 86.0 Å². The second kappa shape index (κ2) is 45.8. The predicted molar refractivity (Wildman–Crippen MR) is 426 cm³/mol. The summed E-state index contributed by atoms with van der Waals surface area (Å²) in [6.07, 6.45) is 46.5. The molecular formula is C91H106O35. The third-order valence-electron chi connectivity index (χ3n) is 26.4. The molecule has 10 fully saturated rings. The molecular weight excluding hydrogens is 1650 g/mol. The Balaban J connectivity index is 0.000000164. The number of aliphatic carboxylic acids is 1. The second-order valence-electron chi connectivity index (χ2n) is 33.3. The summed E-state index contributed by atoms with van der Waals surface area (Å²) in [5.74, 6) is -2.09. The van der Waals surface area contributed by atoms with E-state index in [1.54, 1.807) is 6.92 Å². The molecule has 0 radical (unpaired) electrons. The number of ether oxygens (including phenoxy) is 16. The van der Waals surface area contributed by atoms with Gasteiger partial charge in [0.15, 0.2) is 6.79 Å². The molecule has 0 aromatic rings. The van der Waals surface area contributed by atoms with Crippen LogP contribution in [0.2, 0.25) is 0 Å². The van der Waals surface area contributed by atoms with Crippen LogP contribution in [-0.2, 0) is 157 Å². The van der Waals surface area contributed by atoms with Crippen molar-refractivity contribution in [3.63, 3.8) is 0 Å². The van der Waals surface area contributed by atoms with Crippen molar-refractivity contribution in [2.24, 2.45) is 118 Å². The number of fused-ring (bicyclic) bond motifs is 25. The quantitative estimate of drug-likeness (QED) is 0.0121. The maximum absolute atomic E-state index is 12.2. The van der Waals surface area contributed by atoms with Crippen LogP contribution >= 0.6 is 0 Å². The molecule has 2 N–H and O–H groups in total. The van der Waals surface area contributed by atoms with E-state index >= 15 is 0 Å². The number of aliphatic hydroxyl groups excluding tert-OH is 1. The SMILES string of the molecule is C=CC(=O)OCCOC(C)=O.CCC(=O)OCOC(=O)/C=C/C(=O)OC1CC2CC1C1C=CCC21.O=C(/C=C/C(=O)OC1CC2CC1C1C=CCC21)OCO.O=C(/C=C/C(=O)OC1CC2CC1C1C=CCC21)OCOC(=O)CC(=O)OCOC(=O)/C=C/C(=O)OC1CC2CC1C1C=CCC21.O=C(O)CC(=O)OCOC(=O)/C=C/C(=O)OC1CC2CC1C1C=CCC21. The molecule has 25 atom stereocenters. The van der Waals surface area contributed by atoms with Gasteiger partial charge >= 0.3 is 101 Å². The zero-order chi connectivity index (χ0) is 90.1. The van der Waals surface area contributed by atoms with Crippen molar-refractivity contribution in [2.75, 3.05) is 47.2 Å². The molecule has 15 aliphatic carbocycles. The Morgan fingerprint density at radius 2 is 0.548 bits per heavy atom. The number of esters is 16. The first-order chi connectivity index (χ1) is 60.6. The molecule has 0 amide bonds. The van der Waals surface area contributed by atoms with Crippen LogP contribution in [0.1, 0.15) is 129 Å². The average Bonchev–Trinajstić information content (AvgIpc) is 1.63. The molecule has 15 rings (SSSR count). The largest absolute Gasteiger partial charge is 0.481 e. The van der Waals surface area contributed by atoms with Crippen molar-refractivity contribution >= 4 is 101 Å². The van der Waals surface area contributed by atoms with Crippen molar-refractivity contribution in [3.8, 4) is 0 Å². The summed E-state index contributed by atoms with van der Waals surface area (Å²) in [6, 6.07) is 0. The van der Waals surface area contributed by atoms with Crippen LogP contribution in [0.4, 0.5) is 0 Å². The molecule has 10 saturated carbocycles. The van der Waals surface area contributed by atoms with Gasteiger partial charge in [0, 0.05) is 110 Å². The van der Waals surface area contributed by atoms with Crippen LogP contribution in [0, 0.1) is 118 Å². The topological polar surface area (TPSA) is 478 Å². The van der Waals surface area contributed by atoms with Crippen LogP contribution < -0.4 is 0 Å². The standard InChI is InChI=1S/C33H36O12.C18H20O8.C18H22O6.C15H18O5.C7H10O4/c34-28(7-9-30(36)44-26-13-18-11-24(26)22-5-1-3-20(18)22)40-16-42-32(38)15-33(39)43-17-41-29(35)8-10-31(37)45-27-14-19-12-25(27)23-6-2-4-21(19)23;19-15(20)8-18(23)25-9-24-16(21)4-5-17(22)26-14-7-10-6-13(14)12-3-1-2-11(10)12;1-2-16(19)22-10-23-17(20)6-7-18(21)24-15-9-11-8-14(15)13-5-3-4-12(11)13;16-8-19-14(17)4-5-15(18)20-13-7-9-6-12(13)11-3-1-2-10(9)11;1-3-7(9)11-5-4-10-6(2)8/h1-2,5-10,18-27H,3-4,11-17H2;1,3-5,10-14H,2,6-9H2,(H,19,20);3,5-7,11-15H,2,4,8-10H2,1H3;1,3-5,9-13,16H,2,6-8H2;3H,1,4-5H2,2H3/b9-7+,10-8+;5-4+;7-6+;5-4+;. The molecule has 0 aromatic carbocycles. The maximum Gasteiger partial charge on any atom is 0.333 e. The zero-order valence-electron chi connectivity index (χ0n) is 69.8. The van der Waals surface area contributed by atoms with Gasteiger partial charge in [0.2, 0.25) is 27.2 Å². The summed E-state index contributed by atoms with van der Waals surface area (Å²) < 4.78 is 77.7. The Bertz CT molecular complexity index is 4280. The zero-order valence-corrected chi connectivity index (χ0v) is 69.8. The highest BCUT2D eigenvalue weighted by atomic mass is 16.7. The fourth-order valence-electron chi connectivity index (χ4n) is 21.5. The minimum Gasteiger partial charge on any atom is -0.481 e. The Labute approximate surface area is 725 Å². The molecule has 680 valence electrons. The molecule has 0 aliphatic heterocycles. The van der Waals surface area contributed by atoms with Crippen molar-refractivity contribution in [1.82, 2.24) is 0 Å². The van der Waals surface area contributed by atoms with E-state index in [1.807, 2.05) is 0 Å². The number of hydrogen-bond donors (Lipinski definition) is 2. The van der Waals surface area contributed by atoms with Crippen LogP contribution in [-0.4, -0.2) is 189 Å². The van der Waals surface area contributed by atoms with Crippen LogP contribution in [0.5, 0.6) is 0 Å². The molecule has 0 heterocycles. The summed E-state index contributed by atoms with van der Waals surface area (Å²) in [4.78, 5) is 193. The summed E-state index contributed by atoms with van der Waals surface area (Å²) >= 11 is 0. The highest BCUT2D eigenvalue weighted by molar-refractivity contribution is 5.95. The van der Waals surface area contributed by atoms with Gasteiger partial charge in [0.1, 0.15) is 56.6 Å². The number of allylic oxidation sites excluding steroid dienone is 10. The third-order valence-corrected chi connectivity index (χ3v) is 26.4. The van der Waals surface area contributed by atoms with Crippen LogP contribution in [0.3, 0.4) is 0 Å². The van der Waals surface area contributed by atoms with E-state index in [1.165, 1.54) is 13.3 Å². The normalized spacial score (nSPS) is 31.7. The predicted octanol–water partition coefficient (Wildman–Crippen LogP) is 7.67. The maximum atomic E-state index is 12.2. The van der Waals surface area contributed by atoms with Crippen molar-refractivity contribution < 1.29 is 168 Å². The molecule has 25 unspecified atom stereocenters. The van der Waals surface area contributed by atoms with Gasteiger partial charge in [-0.3, -0.25) is 28.8 Å². The number of carboxylic acids is 1. The fraction of sp³-hybridized carbons (Fsp3) is 0.571. The van der Waals surface area contributed by atoms with E-state index in [2.05, 4.69) is 110 Å². The molecule has 35 heteroatoms. The lowest BCUT2D eigenvalue weighted by atomic mass is 9.80. The first-order valence-corrected chi connectivity index (χ1v) is 42.6. The van der Waals surface area contributed by atoms with Crippen LogP contribution in [0.15, 0.2) is 134 Å². The molecule has 126 heavy (non-hydrogen) atoms. The second-order valence-corrected chi connectivity index (χ2v) is 33.3. The smallest absolute Gasteiger partial charge is 0.333 e. The monoisotopic (exact) mass is 1760 g/mol. The molecule has 0 saturated heterocycles. The number of carboxylic acid groups (broad SMARTS) is 1. The fourth-order valence-corrected chi connectivity index (χ4v) is 21.5. The molecule has 15 aliphatic rings. The summed E-state index contributed by atoms with van der Waals surface area (Å²) in [7, 11) is 0. The summed E-state index contributed by atoms with van der Waals surface area (Å²) in [6.45, 7) is 2.84. The van der Waals surface area contributed by atoms with Crippen molar-refractivity contribution in [3.05, 3.63) is 134 Å². The van der Waals surface area contributed by atoms with E-state index in [0.29, 0.717) is 107 Å². The van der Waals surface area contributed by atoms with Crippen LogP contribution in [0.25, 0.3) is 0 Å². The molecule has 0 aromatic heterocycles. The number of carbonyl (C=O) groups excluding carboxylic acids is 16. The Morgan fingerprint density at radius 1 is 0.302 bits per heavy atom. The van der Waals surface area contributed by atoms with Gasteiger partial charge in [0.25, 0.3) is 0 Å². The van der Waals surface area contributed by atoms with Gasteiger partial charge in [0.05, 0.1) is 0 Å². The van der Waals surface area contributed by atoms with Gasteiger partial charge in [-0.05, 0) is 185 Å². The highest BCUT2D eigenvalue weighted by Gasteiger charge is 2.58. The Kier molecular flexibility index (Phi) is 34.5. The minimum atomic E-state index is -1.34. The molecule has 35 nitrogen and oxygen atoms in total. The highest BCUT2D eigenvalue weighted by Crippen LogP contribution is 2.61. The first kappa shape index (κ1) is 94.8. The number of hydrogen-bond acceptors (Lipinski definition) is 34. The van der Waals surface area contributed by atoms with Gasteiger partial charge in [-0.2, -0.15) is 0 Å². The van der Waals surface area contributed by atoms with E-state index in [9.17, 15) is 81.5 Å². The lowest BCUT2D eigenvalue weighted by Gasteiger charge is -2.30. The van der Waals surface area contributed by atoms with E-state index < -0.39 is 142 Å². The van der Waals surface area contributed by atoms with Gasteiger partial charge in [-0.1, -0.05) is 74.3 Å². The van der Waals surface area contributed by atoms with Gasteiger partial charge in [-0.25, -0.2) is 52.7 Å². The number of rotatable bonds is 33. The molecule has 10 bridgehead atoms. The summed E-state index contributed by atoms with van der Waals surface area (Å²) in [5.41, 5.74) is 0. The van der Waals surface area contributed by atoms with E-state index in [-0.39, 0.29) is 56.1 Å². The minimum absolute atomic E-state index is 0.0324. The Hall–Kier alpha value is -11.9. The lowest BCUT2D eigenvalue weighted by Crippen LogP contribution is -2.31. The van der Waals surface area contributed by atoms with E-state index in [4.69, 9.17) is 43.4 Å². The first-order valence-electron chi connectivity index (χ1n) is 42.6. The molecule has 0 spiro atoms. The van der Waals surface area contributed by atoms with Gasteiger partial charge in [-0.15, -0.1) is 0 Å². The summed E-state index contributed by atoms with van der Waals surface area (Å²) in [5, 5.41) is 16.8. The van der Waals surface area contributed by atoms with Crippen molar-refractivity contribution in [1.29, 1.82) is 0 Å². The average molecular weight is 1760 g/mol. The number of carbonyl (C=O) groups is 17. The third kappa shape index (κ3) is 26.4. The van der Waals surface area contributed by atoms with Crippen molar-refractivity contribution in [2.45, 2.75) is 160 Å². The Morgan fingerprint density at radius 3 is 0.794 bits per heavy atom.